The van der Waals surface area contributed by atoms with Gasteiger partial charge in [-0.15, -0.1) is 0 Å². The Hall–Kier alpha value is -2.99. The third-order valence-electron chi connectivity index (χ3n) is 6.51. The predicted molar refractivity (Wildman–Crippen MR) is 131 cm³/mol. The SMILES string of the molecule is COc1ccc(NC(=O)CCC2CCCN(CC3=Cc4cccc(OC)c4OC3)C2)c(C)c1. The Labute approximate surface area is 196 Å². The van der Waals surface area contributed by atoms with E-state index in [1.807, 2.05) is 37.3 Å². The molecule has 1 atom stereocenters. The molecule has 176 valence electrons. The number of ether oxygens (including phenoxy) is 3. The number of hydrogen-bond acceptors (Lipinski definition) is 5. The minimum absolute atomic E-state index is 0.0781. The molecule has 1 unspecified atom stereocenters. The summed E-state index contributed by atoms with van der Waals surface area (Å²) in [4.78, 5) is 15.0. The van der Waals surface area contributed by atoms with Gasteiger partial charge in [0, 0.05) is 30.8 Å². The first-order chi connectivity index (χ1) is 16.1. The number of likely N-dealkylation sites (tertiary alicyclic amines) is 1. The number of aryl methyl sites for hydroxylation is 1. The quantitative estimate of drug-likeness (QED) is 0.619. The van der Waals surface area contributed by atoms with Crippen molar-refractivity contribution in [2.75, 3.05) is 45.8 Å². The van der Waals surface area contributed by atoms with Crippen molar-refractivity contribution in [3.8, 4) is 17.2 Å². The van der Waals surface area contributed by atoms with Crippen LogP contribution in [0.1, 0.15) is 36.8 Å². The highest BCUT2D eigenvalue weighted by molar-refractivity contribution is 5.91. The van der Waals surface area contributed by atoms with E-state index in [2.05, 4.69) is 22.4 Å². The van der Waals surface area contributed by atoms with Gasteiger partial charge in [0.05, 0.1) is 14.2 Å². The van der Waals surface area contributed by atoms with E-state index < -0.39 is 0 Å². The molecule has 1 amide bonds. The lowest BCUT2D eigenvalue weighted by Gasteiger charge is -2.34. The summed E-state index contributed by atoms with van der Waals surface area (Å²) in [6.07, 6.45) is 6.04. The molecule has 33 heavy (non-hydrogen) atoms. The van der Waals surface area contributed by atoms with Gasteiger partial charge in [-0.25, -0.2) is 0 Å². The summed E-state index contributed by atoms with van der Waals surface area (Å²) < 4.78 is 16.7. The van der Waals surface area contributed by atoms with E-state index in [0.717, 1.165) is 60.1 Å². The second-order valence-corrected chi connectivity index (χ2v) is 8.98. The number of rotatable bonds is 8. The number of hydrogen-bond donors (Lipinski definition) is 1. The molecule has 6 heteroatoms. The van der Waals surface area contributed by atoms with Crippen molar-refractivity contribution in [3.63, 3.8) is 0 Å². The van der Waals surface area contributed by atoms with Crippen molar-refractivity contribution >= 4 is 17.7 Å². The molecule has 0 spiro atoms. The van der Waals surface area contributed by atoms with E-state index in [-0.39, 0.29) is 5.91 Å². The van der Waals surface area contributed by atoms with Gasteiger partial charge in [0.2, 0.25) is 5.91 Å². The zero-order valence-electron chi connectivity index (χ0n) is 19.9. The first-order valence-corrected chi connectivity index (χ1v) is 11.7. The van der Waals surface area contributed by atoms with Gasteiger partial charge in [-0.2, -0.15) is 0 Å². The maximum Gasteiger partial charge on any atom is 0.224 e. The number of fused-ring (bicyclic) bond motifs is 1. The molecule has 0 aliphatic carbocycles. The molecule has 1 fully saturated rings. The molecular formula is C27H34N2O4. The third kappa shape index (κ3) is 5.88. The van der Waals surface area contributed by atoms with Crippen LogP contribution in [0.25, 0.3) is 6.08 Å². The summed E-state index contributed by atoms with van der Waals surface area (Å²) in [5.41, 5.74) is 4.22. The van der Waals surface area contributed by atoms with Crippen molar-refractivity contribution in [2.45, 2.75) is 32.6 Å². The van der Waals surface area contributed by atoms with Gasteiger partial charge in [-0.1, -0.05) is 12.1 Å². The molecule has 1 saturated heterocycles. The lowest BCUT2D eigenvalue weighted by molar-refractivity contribution is -0.116. The number of piperidine rings is 1. The van der Waals surface area contributed by atoms with Crippen LogP contribution in [0.3, 0.4) is 0 Å². The summed E-state index contributed by atoms with van der Waals surface area (Å²) in [5, 5.41) is 3.05. The van der Waals surface area contributed by atoms with E-state index in [0.29, 0.717) is 18.9 Å². The maximum absolute atomic E-state index is 12.5. The van der Waals surface area contributed by atoms with Gasteiger partial charge in [0.25, 0.3) is 0 Å². The average Bonchev–Trinajstić information content (AvgIpc) is 2.83. The Morgan fingerprint density at radius 3 is 2.88 bits per heavy atom. The van der Waals surface area contributed by atoms with Gasteiger partial charge in [-0.05, 0) is 80.1 Å². The van der Waals surface area contributed by atoms with Gasteiger partial charge in [0.15, 0.2) is 11.5 Å². The third-order valence-corrected chi connectivity index (χ3v) is 6.51. The molecule has 0 radical (unpaired) electrons. The number of amides is 1. The van der Waals surface area contributed by atoms with Crippen LogP contribution in [-0.2, 0) is 4.79 Å². The van der Waals surface area contributed by atoms with E-state index in [1.54, 1.807) is 14.2 Å². The van der Waals surface area contributed by atoms with Gasteiger partial charge in [-0.3, -0.25) is 9.69 Å². The Morgan fingerprint density at radius 2 is 2.09 bits per heavy atom. The molecule has 2 aliphatic heterocycles. The van der Waals surface area contributed by atoms with E-state index in [9.17, 15) is 4.79 Å². The van der Waals surface area contributed by atoms with Crippen LogP contribution in [0, 0.1) is 12.8 Å². The van der Waals surface area contributed by atoms with Crippen LogP contribution in [0.15, 0.2) is 42.0 Å². The molecule has 4 rings (SSSR count). The highest BCUT2D eigenvalue weighted by Crippen LogP contribution is 2.36. The fourth-order valence-corrected chi connectivity index (χ4v) is 4.75. The Kier molecular flexibility index (Phi) is 7.55. The number of methoxy groups -OCH3 is 2. The van der Waals surface area contributed by atoms with E-state index in [4.69, 9.17) is 14.2 Å². The second-order valence-electron chi connectivity index (χ2n) is 8.98. The Bertz CT molecular complexity index is 1020. The number of nitrogens with zero attached hydrogens (tertiary/aromatic N) is 1. The zero-order chi connectivity index (χ0) is 23.2. The lowest BCUT2D eigenvalue weighted by atomic mass is 9.92. The molecule has 2 heterocycles. The minimum atomic E-state index is 0.0781. The van der Waals surface area contributed by atoms with Gasteiger partial charge < -0.3 is 19.5 Å². The molecule has 2 aromatic carbocycles. The number of carbonyl (C=O) groups is 1. The summed E-state index contributed by atoms with van der Waals surface area (Å²) in [6, 6.07) is 11.7. The summed E-state index contributed by atoms with van der Waals surface area (Å²) in [6.45, 7) is 5.60. The molecule has 2 aromatic rings. The molecular weight excluding hydrogens is 416 g/mol. The van der Waals surface area contributed by atoms with Crippen LogP contribution in [0.4, 0.5) is 5.69 Å². The summed E-state index contributed by atoms with van der Waals surface area (Å²) >= 11 is 0. The van der Waals surface area contributed by atoms with Crippen molar-refractivity contribution in [3.05, 3.63) is 53.1 Å². The highest BCUT2D eigenvalue weighted by Gasteiger charge is 2.23. The van der Waals surface area contributed by atoms with Crippen molar-refractivity contribution in [1.82, 2.24) is 4.90 Å². The number of para-hydroxylation sites is 1. The largest absolute Gasteiger partial charge is 0.497 e. The predicted octanol–water partition coefficient (Wildman–Crippen LogP) is 4.92. The standard InChI is InChI=1S/C27H34N2O4/c1-19-14-23(31-2)10-11-24(19)28-26(30)12-9-20-6-5-13-29(16-20)17-21-15-22-7-4-8-25(32-3)27(22)33-18-21/h4,7-8,10-11,14-15,20H,5-6,9,12-13,16-18H2,1-3H3,(H,28,30). The molecule has 0 aromatic heterocycles. The summed E-state index contributed by atoms with van der Waals surface area (Å²) in [7, 11) is 3.32. The van der Waals surface area contributed by atoms with Crippen molar-refractivity contribution < 1.29 is 19.0 Å². The van der Waals surface area contributed by atoms with Crippen molar-refractivity contribution in [2.24, 2.45) is 5.92 Å². The fraction of sp³-hybridized carbons (Fsp3) is 0.444. The van der Waals surface area contributed by atoms with Gasteiger partial charge >= 0.3 is 0 Å². The maximum atomic E-state index is 12.5. The normalized spacial score (nSPS) is 18.0. The molecule has 1 N–H and O–H groups in total. The fourth-order valence-electron chi connectivity index (χ4n) is 4.75. The summed E-state index contributed by atoms with van der Waals surface area (Å²) in [5.74, 6) is 3.03. The highest BCUT2D eigenvalue weighted by atomic mass is 16.5. The second kappa shape index (κ2) is 10.8. The van der Waals surface area contributed by atoms with E-state index >= 15 is 0 Å². The number of carbonyl (C=O) groups excluding carboxylic acids is 1. The number of anilines is 1. The minimum Gasteiger partial charge on any atom is -0.497 e. The average molecular weight is 451 g/mol. The van der Waals surface area contributed by atoms with Crippen LogP contribution >= 0.6 is 0 Å². The first-order valence-electron chi connectivity index (χ1n) is 11.7. The first kappa shape index (κ1) is 23.2. The number of nitrogens with one attached hydrogen (secondary N) is 1. The number of benzene rings is 2. The van der Waals surface area contributed by atoms with Gasteiger partial charge in [0.1, 0.15) is 12.4 Å². The monoisotopic (exact) mass is 450 g/mol. The van der Waals surface area contributed by atoms with E-state index in [1.165, 1.54) is 18.4 Å². The Morgan fingerprint density at radius 1 is 1.21 bits per heavy atom. The van der Waals surface area contributed by atoms with Crippen LogP contribution in [0.2, 0.25) is 0 Å². The molecule has 0 bridgehead atoms. The topological polar surface area (TPSA) is 60.0 Å². The van der Waals surface area contributed by atoms with Crippen LogP contribution in [0.5, 0.6) is 17.2 Å². The van der Waals surface area contributed by atoms with Crippen LogP contribution in [-0.4, -0.2) is 51.3 Å². The molecule has 0 saturated carbocycles. The molecule has 6 nitrogen and oxygen atoms in total. The molecule has 2 aliphatic rings. The smallest absolute Gasteiger partial charge is 0.224 e. The Balaban J connectivity index is 1.27. The lowest BCUT2D eigenvalue weighted by Crippen LogP contribution is -2.37. The van der Waals surface area contributed by atoms with Crippen LogP contribution < -0.4 is 19.5 Å². The zero-order valence-corrected chi connectivity index (χ0v) is 19.9. The van der Waals surface area contributed by atoms with Crippen molar-refractivity contribution in [1.29, 1.82) is 0 Å².